The van der Waals surface area contributed by atoms with Gasteiger partial charge >= 0.3 is 0 Å². The molecule has 0 bridgehead atoms. The number of nitrogens with zero attached hydrogens (tertiary/aromatic N) is 2. The summed E-state index contributed by atoms with van der Waals surface area (Å²) in [5.41, 5.74) is 3.43. The van der Waals surface area contributed by atoms with Crippen molar-refractivity contribution >= 4 is 11.6 Å². The lowest BCUT2D eigenvalue weighted by atomic mass is 10.0. The van der Waals surface area contributed by atoms with Crippen molar-refractivity contribution in [3.63, 3.8) is 0 Å². The molecule has 5 heteroatoms. The number of aromatic nitrogens is 2. The van der Waals surface area contributed by atoms with Crippen LogP contribution in [-0.2, 0) is 13.6 Å². The zero-order chi connectivity index (χ0) is 18.6. The van der Waals surface area contributed by atoms with Gasteiger partial charge in [0.05, 0.1) is 5.69 Å². The van der Waals surface area contributed by atoms with Gasteiger partial charge < -0.3 is 10.6 Å². The lowest BCUT2D eigenvalue weighted by molar-refractivity contribution is 0.330. The van der Waals surface area contributed by atoms with Crippen molar-refractivity contribution < 1.29 is 0 Å². The average molecular weight is 363 g/mol. The van der Waals surface area contributed by atoms with E-state index in [0.717, 1.165) is 29.5 Å². The van der Waals surface area contributed by atoms with Crippen LogP contribution in [0.25, 0.3) is 0 Å². The maximum Gasteiger partial charge on any atom is 0.131 e. The molecule has 1 aromatic carbocycles. The number of nitrogens with one attached hydrogen (secondary N) is 2. The number of aryl methyl sites for hydroxylation is 1. The molecule has 2 rings (SSSR count). The minimum atomic E-state index is -0.0397. The van der Waals surface area contributed by atoms with Gasteiger partial charge in [-0.05, 0) is 32.3 Å². The smallest absolute Gasteiger partial charge is 0.131 e. The molecule has 0 fully saturated rings. The highest BCUT2D eigenvalue weighted by atomic mass is 35.5. The second-order valence-corrected chi connectivity index (χ2v) is 8.06. The molecule has 0 saturated heterocycles. The molecule has 25 heavy (non-hydrogen) atoms. The van der Waals surface area contributed by atoms with Gasteiger partial charge in [-0.15, -0.1) is 0 Å². The van der Waals surface area contributed by atoms with Gasteiger partial charge in [-0.2, -0.15) is 5.10 Å². The van der Waals surface area contributed by atoms with Gasteiger partial charge in [0.1, 0.15) is 5.15 Å². The standard InChI is InChI=1S/C20H31ClN4/c1-14(2)18-17(19(21)25(6)24-18)12-22-13-20(4,5)23-15(3)16-10-8-7-9-11-16/h7-11,14-15,22-23H,12-13H2,1-6H3. The van der Waals surface area contributed by atoms with Crippen molar-refractivity contribution in [2.75, 3.05) is 6.54 Å². The molecule has 2 aromatic rings. The molecule has 0 aliphatic rings. The Balaban J connectivity index is 1.94. The largest absolute Gasteiger partial charge is 0.311 e. The van der Waals surface area contributed by atoms with E-state index in [1.165, 1.54) is 5.56 Å². The van der Waals surface area contributed by atoms with Crippen LogP contribution in [-0.4, -0.2) is 21.9 Å². The summed E-state index contributed by atoms with van der Waals surface area (Å²) >= 11 is 6.42. The zero-order valence-electron chi connectivity index (χ0n) is 16.2. The second kappa shape index (κ2) is 8.35. The van der Waals surface area contributed by atoms with Gasteiger partial charge in [-0.25, -0.2) is 0 Å². The lowest BCUT2D eigenvalue weighted by Crippen LogP contribution is -2.48. The molecular formula is C20H31ClN4. The van der Waals surface area contributed by atoms with Crippen LogP contribution in [0.3, 0.4) is 0 Å². The Morgan fingerprint density at radius 2 is 1.80 bits per heavy atom. The Bertz CT molecular complexity index is 677. The first-order valence-corrected chi connectivity index (χ1v) is 9.33. The Hall–Kier alpha value is -1.36. The summed E-state index contributed by atoms with van der Waals surface area (Å²) in [5, 5.41) is 12.5. The molecule has 2 N–H and O–H groups in total. The van der Waals surface area contributed by atoms with Crippen LogP contribution in [0.5, 0.6) is 0 Å². The second-order valence-electron chi connectivity index (χ2n) is 7.70. The minimum Gasteiger partial charge on any atom is -0.311 e. The van der Waals surface area contributed by atoms with Crippen LogP contribution in [0.4, 0.5) is 0 Å². The van der Waals surface area contributed by atoms with Crippen LogP contribution in [0.2, 0.25) is 5.15 Å². The number of benzene rings is 1. The summed E-state index contributed by atoms with van der Waals surface area (Å²) in [6.45, 7) is 12.5. The van der Waals surface area contributed by atoms with Crippen molar-refractivity contribution in [2.45, 2.75) is 58.7 Å². The molecule has 4 nitrogen and oxygen atoms in total. The Labute approximate surface area is 157 Å². The molecule has 1 aromatic heterocycles. The quantitative estimate of drug-likeness (QED) is 0.730. The van der Waals surface area contributed by atoms with Crippen molar-refractivity contribution in [1.82, 2.24) is 20.4 Å². The van der Waals surface area contributed by atoms with E-state index in [0.29, 0.717) is 12.0 Å². The average Bonchev–Trinajstić information content (AvgIpc) is 2.83. The van der Waals surface area contributed by atoms with Gasteiger partial charge in [0.15, 0.2) is 0 Å². The van der Waals surface area contributed by atoms with E-state index < -0.39 is 0 Å². The summed E-state index contributed by atoms with van der Waals surface area (Å²) in [5.74, 6) is 0.361. The van der Waals surface area contributed by atoms with Crippen molar-refractivity contribution in [2.24, 2.45) is 7.05 Å². The summed E-state index contributed by atoms with van der Waals surface area (Å²) in [6, 6.07) is 10.8. The molecule has 0 aliphatic carbocycles. The molecule has 1 heterocycles. The molecule has 1 unspecified atom stereocenters. The van der Waals surface area contributed by atoms with Gasteiger partial charge in [0.25, 0.3) is 0 Å². The first-order valence-electron chi connectivity index (χ1n) is 8.96. The molecule has 0 spiro atoms. The Kier molecular flexibility index (Phi) is 6.66. The van der Waals surface area contributed by atoms with E-state index in [9.17, 15) is 0 Å². The first-order chi connectivity index (χ1) is 11.7. The Morgan fingerprint density at radius 1 is 1.16 bits per heavy atom. The predicted molar refractivity (Wildman–Crippen MR) is 106 cm³/mol. The zero-order valence-corrected chi connectivity index (χ0v) is 17.0. The van der Waals surface area contributed by atoms with Gasteiger partial charge in [0, 0.05) is 37.3 Å². The van der Waals surface area contributed by atoms with Crippen LogP contribution in [0, 0.1) is 0 Å². The molecule has 0 saturated carbocycles. The monoisotopic (exact) mass is 362 g/mol. The summed E-state index contributed by atoms with van der Waals surface area (Å²) in [6.07, 6.45) is 0. The number of hydrogen-bond acceptors (Lipinski definition) is 3. The highest BCUT2D eigenvalue weighted by molar-refractivity contribution is 6.30. The third-order valence-electron chi connectivity index (χ3n) is 4.42. The lowest BCUT2D eigenvalue weighted by Gasteiger charge is -2.31. The third-order valence-corrected chi connectivity index (χ3v) is 4.90. The maximum atomic E-state index is 6.42. The van der Waals surface area contributed by atoms with Crippen LogP contribution in [0.15, 0.2) is 30.3 Å². The van der Waals surface area contributed by atoms with E-state index in [2.05, 4.69) is 74.6 Å². The molecule has 1 atom stereocenters. The fourth-order valence-electron chi connectivity index (χ4n) is 3.16. The normalized spacial score (nSPS) is 13.4. The van der Waals surface area contributed by atoms with E-state index >= 15 is 0 Å². The first kappa shape index (κ1) is 20.0. The minimum absolute atomic E-state index is 0.0397. The van der Waals surface area contributed by atoms with Gasteiger partial charge in [-0.3, -0.25) is 4.68 Å². The fourth-order valence-corrected chi connectivity index (χ4v) is 3.36. The van der Waals surface area contributed by atoms with Crippen molar-refractivity contribution in [3.05, 3.63) is 52.3 Å². The number of rotatable bonds is 8. The summed E-state index contributed by atoms with van der Waals surface area (Å²) in [7, 11) is 1.89. The number of hydrogen-bond donors (Lipinski definition) is 2. The van der Waals surface area contributed by atoms with Crippen LogP contribution < -0.4 is 10.6 Å². The van der Waals surface area contributed by atoms with Crippen LogP contribution in [0.1, 0.15) is 63.4 Å². The van der Waals surface area contributed by atoms with E-state index in [1.54, 1.807) is 4.68 Å². The van der Waals surface area contributed by atoms with Gasteiger partial charge in [-0.1, -0.05) is 55.8 Å². The highest BCUT2D eigenvalue weighted by Gasteiger charge is 2.22. The fraction of sp³-hybridized carbons (Fsp3) is 0.550. The number of halogens is 1. The highest BCUT2D eigenvalue weighted by Crippen LogP contribution is 2.25. The molecule has 138 valence electrons. The van der Waals surface area contributed by atoms with Crippen molar-refractivity contribution in [3.8, 4) is 0 Å². The summed E-state index contributed by atoms with van der Waals surface area (Å²) in [4.78, 5) is 0. The van der Waals surface area contributed by atoms with Crippen LogP contribution >= 0.6 is 11.6 Å². The third kappa shape index (κ3) is 5.30. The van der Waals surface area contributed by atoms with Gasteiger partial charge in [0.2, 0.25) is 0 Å². The molecular weight excluding hydrogens is 332 g/mol. The predicted octanol–water partition coefficient (Wildman–Crippen LogP) is 4.42. The molecule has 0 radical (unpaired) electrons. The maximum absolute atomic E-state index is 6.42. The molecule has 0 amide bonds. The van der Waals surface area contributed by atoms with E-state index in [-0.39, 0.29) is 5.54 Å². The topological polar surface area (TPSA) is 41.9 Å². The van der Waals surface area contributed by atoms with Crippen molar-refractivity contribution in [1.29, 1.82) is 0 Å². The van der Waals surface area contributed by atoms with E-state index in [4.69, 9.17) is 11.6 Å². The Morgan fingerprint density at radius 3 is 2.40 bits per heavy atom. The van der Waals surface area contributed by atoms with E-state index in [1.807, 2.05) is 13.1 Å². The summed E-state index contributed by atoms with van der Waals surface area (Å²) < 4.78 is 1.76. The SMILES string of the molecule is CC(C)c1nn(C)c(Cl)c1CNCC(C)(C)NC(C)c1ccccc1. The molecule has 0 aliphatic heterocycles.